The number of fused-ring (bicyclic) bond motifs is 1. The number of benzene rings is 2. The highest BCUT2D eigenvalue weighted by molar-refractivity contribution is 5.94. The first-order chi connectivity index (χ1) is 13.1. The third kappa shape index (κ3) is 4.06. The lowest BCUT2D eigenvalue weighted by Crippen LogP contribution is -2.12. The highest BCUT2D eigenvalue weighted by Crippen LogP contribution is 2.20. The van der Waals surface area contributed by atoms with E-state index in [0.717, 1.165) is 5.56 Å². The molecule has 0 radical (unpaired) electrons. The van der Waals surface area contributed by atoms with Gasteiger partial charge in [-0.1, -0.05) is 42.5 Å². The van der Waals surface area contributed by atoms with E-state index in [2.05, 4.69) is 6.58 Å². The first-order valence-corrected chi connectivity index (χ1v) is 8.75. The molecule has 3 rings (SSSR count). The summed E-state index contributed by atoms with van der Waals surface area (Å²) in [7, 11) is 0. The zero-order chi connectivity index (χ0) is 19.2. The molecule has 3 aromatic rings. The Bertz CT molecular complexity index is 1060. The molecule has 0 fully saturated rings. The fraction of sp³-hybridized carbons (Fsp3) is 0.130. The molecule has 0 saturated heterocycles. The molecule has 1 heterocycles. The number of hydrogen-bond acceptors (Lipinski definition) is 4. The Balaban J connectivity index is 2.11. The van der Waals surface area contributed by atoms with Crippen molar-refractivity contribution in [2.45, 2.75) is 13.3 Å². The third-order valence-corrected chi connectivity index (χ3v) is 4.10. The van der Waals surface area contributed by atoms with E-state index < -0.39 is 5.97 Å². The highest BCUT2D eigenvalue weighted by atomic mass is 16.5. The first kappa shape index (κ1) is 18.4. The second kappa shape index (κ2) is 8.32. The van der Waals surface area contributed by atoms with Crippen molar-refractivity contribution in [2.75, 3.05) is 6.61 Å². The van der Waals surface area contributed by atoms with Crippen LogP contribution >= 0.6 is 0 Å². The minimum absolute atomic E-state index is 0.171. The van der Waals surface area contributed by atoms with E-state index in [1.165, 1.54) is 6.07 Å². The highest BCUT2D eigenvalue weighted by Gasteiger charge is 2.14. The lowest BCUT2D eigenvalue weighted by Gasteiger charge is -2.07. The predicted octanol–water partition coefficient (Wildman–Crippen LogP) is 4.87. The van der Waals surface area contributed by atoms with Crippen LogP contribution in [0.5, 0.6) is 0 Å². The quantitative estimate of drug-likeness (QED) is 0.465. The number of hydrogen-bond donors (Lipinski definition) is 0. The minimum atomic E-state index is -0.461. The van der Waals surface area contributed by atoms with Gasteiger partial charge in [0.1, 0.15) is 11.3 Å². The maximum Gasteiger partial charge on any atom is 0.338 e. The molecule has 27 heavy (non-hydrogen) atoms. The van der Waals surface area contributed by atoms with Crippen molar-refractivity contribution in [3.05, 3.63) is 93.9 Å². The molecule has 0 atom stereocenters. The lowest BCUT2D eigenvalue weighted by molar-refractivity contribution is 0.0526. The van der Waals surface area contributed by atoms with Crippen LogP contribution in [0, 0.1) is 0 Å². The Morgan fingerprint density at radius 1 is 1.15 bits per heavy atom. The Morgan fingerprint density at radius 2 is 1.93 bits per heavy atom. The molecule has 0 saturated carbocycles. The van der Waals surface area contributed by atoms with E-state index in [4.69, 9.17) is 9.15 Å². The molecular weight excluding hydrogens is 340 g/mol. The molecule has 4 heteroatoms. The first-order valence-electron chi connectivity index (χ1n) is 8.75. The molecule has 0 N–H and O–H groups in total. The molecule has 0 aliphatic rings. The van der Waals surface area contributed by atoms with Gasteiger partial charge < -0.3 is 9.15 Å². The van der Waals surface area contributed by atoms with Crippen LogP contribution in [-0.2, 0) is 11.2 Å². The van der Waals surface area contributed by atoms with Crippen molar-refractivity contribution < 1.29 is 13.9 Å². The number of carbonyl (C=O) groups excluding carboxylic acids is 1. The predicted molar refractivity (Wildman–Crippen MR) is 108 cm³/mol. The van der Waals surface area contributed by atoms with E-state index in [1.807, 2.05) is 36.4 Å². The molecular formula is C23H20O4. The normalized spacial score (nSPS) is 11.0. The van der Waals surface area contributed by atoms with Crippen LogP contribution in [0.25, 0.3) is 23.1 Å². The van der Waals surface area contributed by atoms with Crippen LogP contribution in [0.4, 0.5) is 0 Å². The number of carbonyl (C=O) groups is 1. The van der Waals surface area contributed by atoms with Gasteiger partial charge in [0.25, 0.3) is 0 Å². The van der Waals surface area contributed by atoms with Crippen LogP contribution in [0.3, 0.4) is 0 Å². The van der Waals surface area contributed by atoms with Crippen molar-refractivity contribution in [3.8, 4) is 0 Å². The van der Waals surface area contributed by atoms with E-state index in [9.17, 15) is 9.59 Å². The van der Waals surface area contributed by atoms with Gasteiger partial charge in [0.05, 0.1) is 17.6 Å². The smallest absolute Gasteiger partial charge is 0.338 e. The molecule has 0 aliphatic carbocycles. The van der Waals surface area contributed by atoms with Gasteiger partial charge in [0, 0.05) is 5.56 Å². The van der Waals surface area contributed by atoms with Gasteiger partial charge >= 0.3 is 5.97 Å². The van der Waals surface area contributed by atoms with E-state index >= 15 is 0 Å². The molecule has 0 aliphatic heterocycles. The zero-order valence-electron chi connectivity index (χ0n) is 15.1. The van der Waals surface area contributed by atoms with Gasteiger partial charge in [-0.15, -0.1) is 6.58 Å². The Morgan fingerprint density at radius 3 is 2.63 bits per heavy atom. The second-order valence-electron chi connectivity index (χ2n) is 5.94. The molecule has 1 aromatic heterocycles. The van der Waals surface area contributed by atoms with Crippen LogP contribution in [0.1, 0.15) is 34.2 Å². The summed E-state index contributed by atoms with van der Waals surface area (Å²) < 4.78 is 11.0. The number of allylic oxidation sites excluding steroid dienone is 1. The summed E-state index contributed by atoms with van der Waals surface area (Å²) in [6.45, 7) is 5.74. The number of rotatable bonds is 6. The van der Waals surface area contributed by atoms with E-state index in [1.54, 1.807) is 31.2 Å². The molecule has 0 unspecified atom stereocenters. The van der Waals surface area contributed by atoms with Crippen LogP contribution in [0.15, 0.2) is 70.4 Å². The molecule has 4 nitrogen and oxygen atoms in total. The van der Waals surface area contributed by atoms with Crippen molar-refractivity contribution in [1.29, 1.82) is 0 Å². The van der Waals surface area contributed by atoms with Gasteiger partial charge in [-0.05, 0) is 43.2 Å². The molecule has 0 spiro atoms. The third-order valence-electron chi connectivity index (χ3n) is 4.10. The van der Waals surface area contributed by atoms with E-state index in [-0.39, 0.29) is 12.0 Å². The summed E-state index contributed by atoms with van der Waals surface area (Å²) in [5.41, 5.74) is 2.09. The van der Waals surface area contributed by atoms with Gasteiger partial charge in [0.2, 0.25) is 0 Å². The maximum absolute atomic E-state index is 13.0. The van der Waals surface area contributed by atoms with Gasteiger partial charge in [-0.2, -0.15) is 0 Å². The largest absolute Gasteiger partial charge is 0.462 e. The Kier molecular flexibility index (Phi) is 5.67. The van der Waals surface area contributed by atoms with E-state index in [0.29, 0.717) is 34.3 Å². The monoisotopic (exact) mass is 360 g/mol. The van der Waals surface area contributed by atoms with Crippen molar-refractivity contribution >= 4 is 29.1 Å². The summed E-state index contributed by atoms with van der Waals surface area (Å²) in [6.07, 6.45) is 5.71. The average molecular weight is 360 g/mol. The summed E-state index contributed by atoms with van der Waals surface area (Å²) >= 11 is 0. The van der Waals surface area contributed by atoms with Crippen LogP contribution in [-0.4, -0.2) is 12.6 Å². The molecule has 0 bridgehead atoms. The maximum atomic E-state index is 13.0. The lowest BCUT2D eigenvalue weighted by atomic mass is 10.0. The molecule has 136 valence electrons. The fourth-order valence-corrected chi connectivity index (χ4v) is 2.80. The summed E-state index contributed by atoms with van der Waals surface area (Å²) in [5, 5.41) is 0.356. The van der Waals surface area contributed by atoms with Gasteiger partial charge in [0.15, 0.2) is 5.43 Å². The topological polar surface area (TPSA) is 56.5 Å². The van der Waals surface area contributed by atoms with Crippen molar-refractivity contribution in [2.24, 2.45) is 0 Å². The second-order valence-corrected chi connectivity index (χ2v) is 5.94. The van der Waals surface area contributed by atoms with Gasteiger partial charge in [-0.25, -0.2) is 4.79 Å². The minimum Gasteiger partial charge on any atom is -0.462 e. The summed E-state index contributed by atoms with van der Waals surface area (Å²) in [5.74, 6) is 0.0252. The van der Waals surface area contributed by atoms with Crippen molar-refractivity contribution in [3.63, 3.8) is 0 Å². The Hall–Kier alpha value is -3.40. The molecule has 0 amide bonds. The zero-order valence-corrected chi connectivity index (χ0v) is 15.1. The Labute approximate surface area is 157 Å². The average Bonchev–Trinajstić information content (AvgIpc) is 2.69. The standard InChI is InChI=1S/C23H20O4/c1-3-8-18-20(13-11-16-9-6-5-7-10-16)27-21-14-12-17(23(25)26-4-2)15-19(21)22(18)24/h3,5-7,9-15H,1,4,8H2,2H3. The van der Waals surface area contributed by atoms with Crippen LogP contribution in [0.2, 0.25) is 0 Å². The van der Waals surface area contributed by atoms with Gasteiger partial charge in [-0.3, -0.25) is 4.79 Å². The number of ether oxygens (including phenoxy) is 1. The van der Waals surface area contributed by atoms with Crippen molar-refractivity contribution in [1.82, 2.24) is 0 Å². The summed E-state index contributed by atoms with van der Waals surface area (Å²) in [6, 6.07) is 14.5. The molecule has 2 aromatic carbocycles. The van der Waals surface area contributed by atoms with Crippen LogP contribution < -0.4 is 5.43 Å². The summed E-state index contributed by atoms with van der Waals surface area (Å²) in [4.78, 5) is 24.9. The number of esters is 1. The SMILES string of the molecule is C=CCc1c(C=Cc2ccccc2)oc2ccc(C(=O)OCC)cc2c1=O. The fourth-order valence-electron chi connectivity index (χ4n) is 2.80.